The lowest BCUT2D eigenvalue weighted by molar-refractivity contribution is -0.146. The number of halogens is 1. The van der Waals surface area contributed by atoms with Crippen molar-refractivity contribution in [2.75, 3.05) is 13.7 Å². The van der Waals surface area contributed by atoms with Crippen LogP contribution in [0.2, 0.25) is 5.02 Å². The highest BCUT2D eigenvalue weighted by Gasteiger charge is 2.27. The fourth-order valence-corrected chi connectivity index (χ4v) is 2.08. The predicted octanol–water partition coefficient (Wildman–Crippen LogP) is 2.95. The Hall–Kier alpha value is -1.26. The molecule has 0 fully saturated rings. The molecule has 19 heavy (non-hydrogen) atoms. The molecule has 0 amide bonds. The summed E-state index contributed by atoms with van der Waals surface area (Å²) >= 11 is 6.20. The molecule has 0 bridgehead atoms. The van der Waals surface area contributed by atoms with Crippen LogP contribution >= 0.6 is 11.6 Å². The van der Waals surface area contributed by atoms with Crippen LogP contribution in [-0.4, -0.2) is 25.7 Å². The molecule has 0 aliphatic heterocycles. The molecule has 0 spiro atoms. The standard InChI is InChI=1S/C14H20ClNO3/c1-5-19-14(17)13(16-9(2)3)12-10(15)7-6-8-11(12)18-4/h6-9,13,16H,5H2,1-4H3. The molecule has 1 atom stereocenters. The topological polar surface area (TPSA) is 47.6 Å². The van der Waals surface area contributed by atoms with Crippen molar-refractivity contribution in [2.24, 2.45) is 0 Å². The van der Waals surface area contributed by atoms with Gasteiger partial charge < -0.3 is 9.47 Å². The maximum Gasteiger partial charge on any atom is 0.327 e. The zero-order valence-corrected chi connectivity index (χ0v) is 12.5. The van der Waals surface area contributed by atoms with Gasteiger partial charge in [-0.2, -0.15) is 0 Å². The van der Waals surface area contributed by atoms with Gasteiger partial charge in [-0.15, -0.1) is 0 Å². The summed E-state index contributed by atoms with van der Waals surface area (Å²) in [6, 6.07) is 4.75. The van der Waals surface area contributed by atoms with Gasteiger partial charge in [0.25, 0.3) is 0 Å². The van der Waals surface area contributed by atoms with Gasteiger partial charge in [-0.05, 0) is 32.9 Å². The summed E-state index contributed by atoms with van der Waals surface area (Å²) in [4.78, 5) is 12.1. The van der Waals surface area contributed by atoms with Crippen molar-refractivity contribution in [2.45, 2.75) is 32.9 Å². The Morgan fingerprint density at radius 1 is 1.42 bits per heavy atom. The number of ether oxygens (including phenoxy) is 2. The van der Waals surface area contributed by atoms with Crippen molar-refractivity contribution in [3.05, 3.63) is 28.8 Å². The fourth-order valence-electron chi connectivity index (χ4n) is 1.80. The first-order chi connectivity index (χ1) is 9.01. The summed E-state index contributed by atoms with van der Waals surface area (Å²) in [6.45, 7) is 6.00. The molecule has 1 aromatic rings. The van der Waals surface area contributed by atoms with Crippen molar-refractivity contribution in [1.29, 1.82) is 0 Å². The van der Waals surface area contributed by atoms with Gasteiger partial charge in [0.15, 0.2) is 0 Å². The number of methoxy groups -OCH3 is 1. The largest absolute Gasteiger partial charge is 0.496 e. The number of hydrogen-bond acceptors (Lipinski definition) is 4. The van der Waals surface area contributed by atoms with Crippen LogP contribution in [0.25, 0.3) is 0 Å². The Morgan fingerprint density at radius 2 is 2.11 bits per heavy atom. The molecule has 0 saturated carbocycles. The summed E-state index contributed by atoms with van der Waals surface area (Å²) in [6.07, 6.45) is 0. The Labute approximate surface area is 119 Å². The summed E-state index contributed by atoms with van der Waals surface area (Å²) in [7, 11) is 1.55. The second-order valence-corrected chi connectivity index (χ2v) is 4.77. The van der Waals surface area contributed by atoms with Crippen LogP contribution in [0.3, 0.4) is 0 Å². The van der Waals surface area contributed by atoms with Crippen molar-refractivity contribution >= 4 is 17.6 Å². The van der Waals surface area contributed by atoms with Crippen LogP contribution < -0.4 is 10.1 Å². The van der Waals surface area contributed by atoms with E-state index in [-0.39, 0.29) is 12.0 Å². The summed E-state index contributed by atoms with van der Waals surface area (Å²) < 4.78 is 10.4. The third-order valence-electron chi connectivity index (χ3n) is 2.54. The van der Waals surface area contributed by atoms with Gasteiger partial charge in [0.2, 0.25) is 0 Å². The monoisotopic (exact) mass is 285 g/mol. The highest BCUT2D eigenvalue weighted by atomic mass is 35.5. The summed E-state index contributed by atoms with van der Waals surface area (Å²) in [5.41, 5.74) is 0.610. The van der Waals surface area contributed by atoms with Crippen molar-refractivity contribution < 1.29 is 14.3 Å². The zero-order chi connectivity index (χ0) is 14.4. The van der Waals surface area contributed by atoms with Crippen LogP contribution in [0.4, 0.5) is 0 Å². The Bertz CT molecular complexity index is 435. The minimum Gasteiger partial charge on any atom is -0.496 e. The second-order valence-electron chi connectivity index (χ2n) is 4.36. The maximum atomic E-state index is 12.1. The SMILES string of the molecule is CCOC(=O)C(NC(C)C)c1c(Cl)cccc1OC. The zero-order valence-electron chi connectivity index (χ0n) is 11.7. The quantitative estimate of drug-likeness (QED) is 0.817. The van der Waals surface area contributed by atoms with Gasteiger partial charge in [0.05, 0.1) is 13.7 Å². The molecule has 106 valence electrons. The van der Waals surface area contributed by atoms with E-state index in [1.807, 2.05) is 13.8 Å². The van der Waals surface area contributed by atoms with E-state index in [4.69, 9.17) is 21.1 Å². The van der Waals surface area contributed by atoms with Gasteiger partial charge in [-0.1, -0.05) is 17.7 Å². The molecule has 0 aliphatic rings. The normalized spacial score (nSPS) is 12.3. The predicted molar refractivity (Wildman–Crippen MR) is 75.6 cm³/mol. The first-order valence-electron chi connectivity index (χ1n) is 6.26. The number of rotatable bonds is 6. The van der Waals surface area contributed by atoms with Crippen molar-refractivity contribution in [3.8, 4) is 5.75 Å². The maximum absolute atomic E-state index is 12.1. The fraction of sp³-hybridized carbons (Fsp3) is 0.500. The number of nitrogens with one attached hydrogen (secondary N) is 1. The molecular weight excluding hydrogens is 266 g/mol. The lowest BCUT2D eigenvalue weighted by Crippen LogP contribution is -2.35. The third kappa shape index (κ3) is 4.11. The van der Waals surface area contributed by atoms with Crippen LogP contribution in [0, 0.1) is 0 Å². The number of hydrogen-bond donors (Lipinski definition) is 1. The lowest BCUT2D eigenvalue weighted by atomic mass is 10.0. The van der Waals surface area contributed by atoms with Crippen molar-refractivity contribution in [3.63, 3.8) is 0 Å². The molecule has 1 aromatic carbocycles. The van der Waals surface area contributed by atoms with E-state index < -0.39 is 6.04 Å². The van der Waals surface area contributed by atoms with E-state index in [2.05, 4.69) is 5.32 Å². The number of carbonyl (C=O) groups excluding carboxylic acids is 1. The number of esters is 1. The first-order valence-corrected chi connectivity index (χ1v) is 6.64. The molecule has 5 heteroatoms. The smallest absolute Gasteiger partial charge is 0.327 e. The van der Waals surface area contributed by atoms with Gasteiger partial charge in [-0.25, -0.2) is 4.79 Å². The van der Waals surface area contributed by atoms with Gasteiger partial charge in [0, 0.05) is 16.6 Å². The minimum absolute atomic E-state index is 0.107. The summed E-state index contributed by atoms with van der Waals surface area (Å²) in [5.74, 6) is 0.210. The van der Waals surface area contributed by atoms with Crippen LogP contribution in [-0.2, 0) is 9.53 Å². The average molecular weight is 286 g/mol. The Kier molecular flexibility index (Phi) is 6.12. The second kappa shape index (κ2) is 7.36. The van der Waals surface area contributed by atoms with E-state index in [0.29, 0.717) is 22.9 Å². The number of carbonyl (C=O) groups is 1. The highest BCUT2D eigenvalue weighted by molar-refractivity contribution is 6.31. The van der Waals surface area contributed by atoms with E-state index in [1.54, 1.807) is 32.2 Å². The van der Waals surface area contributed by atoms with E-state index in [0.717, 1.165) is 0 Å². The molecule has 0 aromatic heterocycles. The lowest BCUT2D eigenvalue weighted by Gasteiger charge is -2.22. The summed E-state index contributed by atoms with van der Waals surface area (Å²) in [5, 5.41) is 3.63. The first kappa shape index (κ1) is 15.8. The molecular formula is C14H20ClNO3. The van der Waals surface area contributed by atoms with E-state index in [9.17, 15) is 4.79 Å². The molecule has 0 saturated heterocycles. The highest BCUT2D eigenvalue weighted by Crippen LogP contribution is 2.33. The van der Waals surface area contributed by atoms with Crippen LogP contribution in [0.15, 0.2) is 18.2 Å². The minimum atomic E-state index is -0.636. The molecule has 0 heterocycles. The molecule has 0 radical (unpaired) electrons. The van der Waals surface area contributed by atoms with Gasteiger partial charge in [-0.3, -0.25) is 5.32 Å². The average Bonchev–Trinajstić information content (AvgIpc) is 2.36. The van der Waals surface area contributed by atoms with Crippen molar-refractivity contribution in [1.82, 2.24) is 5.32 Å². The van der Waals surface area contributed by atoms with Gasteiger partial charge in [0.1, 0.15) is 11.8 Å². The van der Waals surface area contributed by atoms with E-state index in [1.165, 1.54) is 0 Å². The number of benzene rings is 1. The molecule has 0 aliphatic carbocycles. The molecule has 1 rings (SSSR count). The molecule has 4 nitrogen and oxygen atoms in total. The van der Waals surface area contributed by atoms with Crippen LogP contribution in [0.1, 0.15) is 32.4 Å². The Balaban J connectivity index is 3.20. The van der Waals surface area contributed by atoms with Crippen LogP contribution in [0.5, 0.6) is 5.75 Å². The Morgan fingerprint density at radius 3 is 2.63 bits per heavy atom. The third-order valence-corrected chi connectivity index (χ3v) is 2.87. The van der Waals surface area contributed by atoms with Gasteiger partial charge >= 0.3 is 5.97 Å². The van der Waals surface area contributed by atoms with E-state index >= 15 is 0 Å². The molecule has 1 N–H and O–H groups in total. The molecule has 1 unspecified atom stereocenters.